The van der Waals surface area contributed by atoms with Crippen molar-refractivity contribution in [3.05, 3.63) is 60.7 Å². The molecule has 55 heavy (non-hydrogen) atoms. The second-order valence-electron chi connectivity index (χ2n) is 12.4. The third-order valence-electron chi connectivity index (χ3n) is 8.26. The van der Waals surface area contributed by atoms with Gasteiger partial charge in [0.2, 0.25) is 20.9 Å². The molecule has 3 aliphatic heterocycles. The third kappa shape index (κ3) is 15.8. The molecular formula is C32H48B2ClN11O8S. The highest BCUT2D eigenvalue weighted by Gasteiger charge is 2.33. The second kappa shape index (κ2) is 22.9. The second-order valence-corrected chi connectivity index (χ2v) is 14.7. The summed E-state index contributed by atoms with van der Waals surface area (Å²) < 4.78 is 32.7. The largest absolute Gasteiger partial charge is 0.469 e. The lowest BCUT2D eigenvalue weighted by Crippen LogP contribution is -2.57. The topological polar surface area (TPSA) is 231 Å². The van der Waals surface area contributed by atoms with Crippen LogP contribution in [-0.4, -0.2) is 162 Å². The van der Waals surface area contributed by atoms with E-state index in [1.54, 1.807) is 49.3 Å². The van der Waals surface area contributed by atoms with Crippen molar-refractivity contribution < 1.29 is 37.5 Å². The van der Waals surface area contributed by atoms with Crippen LogP contribution >= 0.6 is 11.6 Å². The lowest BCUT2D eigenvalue weighted by molar-refractivity contribution is -0.142. The van der Waals surface area contributed by atoms with Crippen molar-refractivity contribution in [2.75, 3.05) is 64.6 Å². The molecule has 3 aromatic rings. The smallest absolute Gasteiger partial charge is 0.376 e. The highest BCUT2D eigenvalue weighted by atomic mass is 35.5. The number of aliphatic imine (C=N–C) groups is 1. The van der Waals surface area contributed by atoms with E-state index in [4.69, 9.17) is 16.3 Å². The van der Waals surface area contributed by atoms with Crippen LogP contribution in [0.1, 0.15) is 19.3 Å². The molecule has 2 saturated heterocycles. The van der Waals surface area contributed by atoms with Crippen LogP contribution < -0.4 is 10.2 Å². The first kappa shape index (κ1) is 45.1. The molecule has 298 valence electrons. The average molecular weight is 804 g/mol. The molecule has 0 radical (unpaired) electrons. The molecule has 3 aromatic heterocycles. The summed E-state index contributed by atoms with van der Waals surface area (Å²) in [7, 11) is -1.57. The van der Waals surface area contributed by atoms with Gasteiger partial charge in [0, 0.05) is 95.2 Å². The Hall–Kier alpha value is -4.31. The van der Waals surface area contributed by atoms with Gasteiger partial charge in [0.1, 0.15) is 17.3 Å². The Balaban J connectivity index is 0.000000227. The molecule has 2 fully saturated rings. The Kier molecular flexibility index (Phi) is 18.8. The van der Waals surface area contributed by atoms with Crippen LogP contribution in [0.4, 0.5) is 5.82 Å². The van der Waals surface area contributed by atoms with Gasteiger partial charge in [-0.05, 0) is 25.8 Å². The number of nitrogens with zero attached hydrogens (tertiary/aromatic N) is 10. The number of rotatable bonds is 9. The van der Waals surface area contributed by atoms with Gasteiger partial charge in [0.15, 0.2) is 0 Å². The number of methoxy groups -OCH3 is 2. The van der Waals surface area contributed by atoms with Gasteiger partial charge >= 0.3 is 26.0 Å². The molecule has 0 aromatic carbocycles. The maximum atomic E-state index is 11.8. The number of hydrogen-bond donors (Lipinski definition) is 3. The van der Waals surface area contributed by atoms with Gasteiger partial charge in [0.05, 0.1) is 33.1 Å². The molecule has 19 nitrogen and oxygen atoms in total. The van der Waals surface area contributed by atoms with Crippen molar-refractivity contribution in [1.29, 1.82) is 0 Å². The van der Waals surface area contributed by atoms with E-state index in [0.717, 1.165) is 31.6 Å². The summed E-state index contributed by atoms with van der Waals surface area (Å²) in [6, 6.07) is 3.19. The zero-order chi connectivity index (χ0) is 40.4. The Bertz CT molecular complexity index is 1800. The van der Waals surface area contributed by atoms with E-state index in [1.165, 1.54) is 26.5 Å². The molecule has 0 amide bonds. The van der Waals surface area contributed by atoms with Crippen molar-refractivity contribution in [1.82, 2.24) is 44.4 Å². The van der Waals surface area contributed by atoms with Crippen LogP contribution in [0.15, 0.2) is 65.7 Å². The number of nitrogens with one attached hydrogen (secondary N) is 1. The van der Waals surface area contributed by atoms with Crippen molar-refractivity contribution in [3.8, 4) is 5.95 Å². The Morgan fingerprint density at radius 2 is 1.65 bits per heavy atom. The third-order valence-corrected chi connectivity index (χ3v) is 9.33. The molecule has 3 N–H and O–H groups in total. The minimum Gasteiger partial charge on any atom is -0.469 e. The summed E-state index contributed by atoms with van der Waals surface area (Å²) in [6.45, 7) is 7.64. The first-order valence-electron chi connectivity index (χ1n) is 17.4. The first-order chi connectivity index (χ1) is 26.2. The van der Waals surface area contributed by atoms with Gasteiger partial charge in [-0.15, -0.1) is 0 Å². The highest BCUT2D eigenvalue weighted by molar-refractivity contribution is 7.90. The fourth-order valence-corrected chi connectivity index (χ4v) is 6.09. The fraction of sp³-hybridized carbons (Fsp3) is 0.500. The Morgan fingerprint density at radius 3 is 2.20 bits per heavy atom. The number of carbonyl (C=O) groups is 2. The molecule has 2 atom stereocenters. The first-order valence-corrected chi connectivity index (χ1v) is 19.6. The predicted molar refractivity (Wildman–Crippen MR) is 209 cm³/mol. The predicted octanol–water partition coefficient (Wildman–Crippen LogP) is 0.268. The number of aromatic nitrogens is 6. The summed E-state index contributed by atoms with van der Waals surface area (Å²) in [6.07, 6.45) is 16.4. The van der Waals surface area contributed by atoms with E-state index >= 15 is 0 Å². The number of sulfone groups is 1. The number of anilines is 1. The van der Waals surface area contributed by atoms with Crippen LogP contribution in [0.25, 0.3) is 5.95 Å². The van der Waals surface area contributed by atoms with E-state index in [1.807, 2.05) is 28.0 Å². The maximum absolute atomic E-state index is 11.8. The van der Waals surface area contributed by atoms with Crippen LogP contribution in [0, 0.1) is 0 Å². The lowest BCUT2D eigenvalue weighted by Gasteiger charge is -2.42. The number of piperazine rings is 2. The van der Waals surface area contributed by atoms with Gasteiger partial charge in [-0.2, -0.15) is 4.98 Å². The van der Waals surface area contributed by atoms with Gasteiger partial charge in [-0.3, -0.25) is 19.1 Å². The number of hydrogen-bond acceptors (Lipinski definition) is 18. The number of halogens is 1. The molecule has 0 spiro atoms. The summed E-state index contributed by atoms with van der Waals surface area (Å²) in [5.74, 6) is 0.754. The minimum atomic E-state index is -3.33. The van der Waals surface area contributed by atoms with Crippen LogP contribution in [-0.2, 0) is 28.9 Å². The number of allylic oxidation sites excluding steroid dienone is 1. The minimum absolute atomic E-state index is 0.0887. The van der Waals surface area contributed by atoms with Crippen molar-refractivity contribution in [2.45, 2.75) is 50.1 Å². The number of carbonyl (C=O) groups excluding carboxylic acids is 2. The van der Waals surface area contributed by atoms with E-state index in [9.17, 15) is 28.1 Å². The molecule has 0 saturated carbocycles. The quantitative estimate of drug-likeness (QED) is 0.114. The summed E-state index contributed by atoms with van der Waals surface area (Å²) in [5.41, 5.74) is 0. The molecule has 3 aliphatic rings. The zero-order valence-corrected chi connectivity index (χ0v) is 33.1. The summed E-state index contributed by atoms with van der Waals surface area (Å²) in [5, 5.41) is 22.3. The molecular weight excluding hydrogens is 756 g/mol. The maximum Gasteiger partial charge on any atom is 0.376 e. The van der Waals surface area contributed by atoms with Crippen molar-refractivity contribution >= 4 is 59.5 Å². The number of imidazole rings is 1. The molecule has 6 heterocycles. The molecule has 23 heteroatoms. The van der Waals surface area contributed by atoms with Gasteiger partial charge in [-0.25, -0.2) is 28.4 Å². The van der Waals surface area contributed by atoms with Gasteiger partial charge in [-0.1, -0.05) is 17.7 Å². The molecule has 0 bridgehead atoms. The van der Waals surface area contributed by atoms with Gasteiger partial charge in [0.25, 0.3) is 0 Å². The van der Waals surface area contributed by atoms with Crippen LogP contribution in [0.3, 0.4) is 0 Å². The van der Waals surface area contributed by atoms with E-state index in [2.05, 4.69) is 44.9 Å². The van der Waals surface area contributed by atoms with E-state index in [-0.39, 0.29) is 40.8 Å². The highest BCUT2D eigenvalue weighted by Crippen LogP contribution is 2.22. The fourth-order valence-electron chi connectivity index (χ4n) is 5.39. The van der Waals surface area contributed by atoms with Crippen LogP contribution in [0.2, 0.25) is 18.8 Å². The molecule has 2 unspecified atom stereocenters. The molecule has 6 rings (SSSR count). The summed E-state index contributed by atoms with van der Waals surface area (Å²) in [4.78, 5) is 52.4. The number of ether oxygens (including phenoxy) is 2. The van der Waals surface area contributed by atoms with Gasteiger partial charge < -0.3 is 39.4 Å². The lowest BCUT2D eigenvalue weighted by atomic mass is 9.83. The molecule has 0 aliphatic carbocycles. The van der Waals surface area contributed by atoms with Crippen molar-refractivity contribution in [2.24, 2.45) is 4.99 Å². The SMILES string of the molecule is C1=CN=CC1.COC(=O)CC1CN(B(C)O)CCN1.COC(=O)CC1CN(B(C)O)CCN1c1ccnc(-n2ccnc2)n1.CS(=O)(=O)c1nccc(Cl)n1. The standard InChI is InChI=1S/C15H21BN6O3.C8H17BN2O3.C5H5ClN2O2S.C4H5N/c1-16(24)21-7-8-22(12(10-21)9-14(23)25-2)13-3-4-18-15(19-13)20-6-5-17-11-20;1-9(13)11-4-3-10-7(6-11)5-8(12)14-2;1-11(9,10)5-7-3-2-4(6)8-5;1-2-4-5-3-1/h3-6,11-12,24H,7-10H2,1-2H3;7,10,13H,3-6H2,1-2H3;2-3H,1H3;1,3-4H,2H2. The zero-order valence-electron chi connectivity index (χ0n) is 31.5. The summed E-state index contributed by atoms with van der Waals surface area (Å²) >= 11 is 5.44. The average Bonchev–Trinajstić information content (AvgIpc) is 3.94. The van der Waals surface area contributed by atoms with Crippen LogP contribution in [0.5, 0.6) is 0 Å². The van der Waals surface area contributed by atoms with E-state index < -0.39 is 23.9 Å². The monoisotopic (exact) mass is 803 g/mol. The number of esters is 2. The Morgan fingerprint density at radius 1 is 0.964 bits per heavy atom. The normalized spacial score (nSPS) is 18.1. The van der Waals surface area contributed by atoms with E-state index in [0.29, 0.717) is 38.5 Å². The van der Waals surface area contributed by atoms with Crippen molar-refractivity contribution in [3.63, 3.8) is 0 Å². The Labute approximate surface area is 327 Å².